The van der Waals surface area contributed by atoms with Crippen LogP contribution in [0.15, 0.2) is 12.7 Å². The predicted molar refractivity (Wildman–Crippen MR) is 149 cm³/mol. The van der Waals surface area contributed by atoms with Gasteiger partial charge in [-0.15, -0.1) is 6.58 Å². The molecule has 36 heavy (non-hydrogen) atoms. The van der Waals surface area contributed by atoms with Gasteiger partial charge in [0.2, 0.25) is 0 Å². The first-order chi connectivity index (χ1) is 16.9. The number of rotatable bonds is 3. The van der Waals surface area contributed by atoms with Crippen LogP contribution in [0.25, 0.3) is 0 Å². The van der Waals surface area contributed by atoms with Crippen molar-refractivity contribution in [1.82, 2.24) is 0 Å². The highest BCUT2D eigenvalue weighted by atomic mass is 16.5. The van der Waals surface area contributed by atoms with Gasteiger partial charge in [-0.1, -0.05) is 47.6 Å². The van der Waals surface area contributed by atoms with Crippen LogP contribution in [0.5, 0.6) is 0 Å². The van der Waals surface area contributed by atoms with Crippen molar-refractivity contribution in [1.29, 1.82) is 0 Å². The van der Waals surface area contributed by atoms with Gasteiger partial charge < -0.3 is 9.84 Å². The van der Waals surface area contributed by atoms with Crippen LogP contribution in [-0.4, -0.2) is 29.7 Å². The van der Waals surface area contributed by atoms with E-state index in [9.17, 15) is 9.90 Å². The van der Waals surface area contributed by atoms with Gasteiger partial charge in [0.25, 0.3) is 0 Å². The number of fused-ring (bicyclic) bond motifs is 6. The Morgan fingerprint density at radius 3 is 2.00 bits per heavy atom. The number of aliphatic hydroxyl groups is 1. The monoisotopic (exact) mass is 500 g/mol. The molecular formula is C33H56O3. The second-order valence-electron chi connectivity index (χ2n) is 15.2. The third-order valence-corrected chi connectivity index (χ3v) is 11.9. The molecule has 0 aromatic rings. The van der Waals surface area contributed by atoms with Crippen LogP contribution in [0.4, 0.5) is 0 Å². The Morgan fingerprint density at radius 1 is 0.833 bits per heavy atom. The molecule has 1 N–H and O–H groups in total. The van der Waals surface area contributed by atoms with E-state index >= 15 is 0 Å². The first-order valence-corrected chi connectivity index (χ1v) is 15.3. The van der Waals surface area contributed by atoms with Crippen LogP contribution in [0, 0.1) is 51.8 Å². The van der Waals surface area contributed by atoms with Crippen molar-refractivity contribution in [3.63, 3.8) is 0 Å². The number of hydrogen-bond donors (Lipinski definition) is 1. The van der Waals surface area contributed by atoms with Crippen molar-refractivity contribution < 1.29 is 14.6 Å². The second-order valence-corrected chi connectivity index (χ2v) is 15.2. The summed E-state index contributed by atoms with van der Waals surface area (Å²) in [6.07, 6.45) is 17.7. The summed E-state index contributed by atoms with van der Waals surface area (Å²) in [5.74, 6) is 4.66. The van der Waals surface area contributed by atoms with Crippen LogP contribution in [0.3, 0.4) is 0 Å². The zero-order chi connectivity index (χ0) is 26.3. The molecule has 11 atom stereocenters. The van der Waals surface area contributed by atoms with Crippen molar-refractivity contribution in [3.05, 3.63) is 12.7 Å². The zero-order valence-corrected chi connectivity index (χ0v) is 24.4. The van der Waals surface area contributed by atoms with Gasteiger partial charge in [0.1, 0.15) is 5.78 Å². The molecule has 6 rings (SSSR count). The van der Waals surface area contributed by atoms with E-state index in [0.29, 0.717) is 40.0 Å². The lowest BCUT2D eigenvalue weighted by molar-refractivity contribution is -0.128. The average molecular weight is 501 g/mol. The topological polar surface area (TPSA) is 46.5 Å². The molecule has 6 saturated carbocycles. The Balaban J connectivity index is 0.000000128. The first-order valence-electron chi connectivity index (χ1n) is 15.3. The number of hydrogen-bond acceptors (Lipinski definition) is 3. The van der Waals surface area contributed by atoms with Gasteiger partial charge in [-0.3, -0.25) is 4.79 Å². The molecule has 0 amide bonds. The van der Waals surface area contributed by atoms with Gasteiger partial charge >= 0.3 is 0 Å². The summed E-state index contributed by atoms with van der Waals surface area (Å²) in [4.78, 5) is 11.5. The molecule has 6 bridgehead atoms. The summed E-state index contributed by atoms with van der Waals surface area (Å²) in [6, 6.07) is 0. The maximum atomic E-state index is 11.5. The van der Waals surface area contributed by atoms with Crippen LogP contribution in [0.2, 0.25) is 0 Å². The lowest BCUT2D eigenvalue weighted by Crippen LogP contribution is -2.36. The van der Waals surface area contributed by atoms with E-state index < -0.39 is 0 Å². The summed E-state index contributed by atoms with van der Waals surface area (Å²) >= 11 is 0. The highest BCUT2D eigenvalue weighted by molar-refractivity contribution is 5.82. The molecule has 0 heterocycles. The van der Waals surface area contributed by atoms with Gasteiger partial charge in [-0.25, -0.2) is 0 Å². The molecule has 6 aliphatic rings. The smallest absolute Gasteiger partial charge is 0.136 e. The third kappa shape index (κ3) is 6.14. The third-order valence-electron chi connectivity index (χ3n) is 11.9. The summed E-state index contributed by atoms with van der Waals surface area (Å²) in [7, 11) is 0. The molecule has 0 radical (unpaired) electrons. The molecule has 6 aliphatic carbocycles. The van der Waals surface area contributed by atoms with E-state index in [4.69, 9.17) is 4.74 Å². The van der Waals surface area contributed by atoms with Crippen molar-refractivity contribution in [2.75, 3.05) is 6.61 Å². The van der Waals surface area contributed by atoms with E-state index in [0.717, 1.165) is 43.1 Å². The van der Waals surface area contributed by atoms with Crippen molar-refractivity contribution in [2.24, 2.45) is 51.8 Å². The standard InChI is InChI=1S/C13H22O.C10H18O.C10H16O/c1-4-7-14-12-9-13(3)6-5-11(8-13)10(12)2;2*1-7-8-3-4-10(2,5-8)6-9(7)11/h4,10-12H,1,5-9H2,2-3H3;7-9,11H,3-6H2,1-2H3;7-8H,3-6H2,1-2H3. The van der Waals surface area contributed by atoms with Crippen molar-refractivity contribution >= 4 is 5.78 Å². The molecule has 0 spiro atoms. The Hall–Kier alpha value is -0.670. The van der Waals surface area contributed by atoms with Crippen LogP contribution in [-0.2, 0) is 9.53 Å². The Morgan fingerprint density at radius 2 is 1.36 bits per heavy atom. The van der Waals surface area contributed by atoms with E-state index in [2.05, 4.69) is 48.1 Å². The minimum atomic E-state index is -0.0127. The number of ether oxygens (including phenoxy) is 1. The molecule has 206 valence electrons. The first kappa shape index (κ1) is 28.3. The second kappa shape index (κ2) is 10.8. The van der Waals surface area contributed by atoms with Gasteiger partial charge in [0.15, 0.2) is 0 Å². The Labute approximate surface area is 222 Å². The zero-order valence-electron chi connectivity index (χ0n) is 24.4. The number of aliphatic hydroxyl groups excluding tert-OH is 1. The van der Waals surface area contributed by atoms with E-state index in [1.165, 1.54) is 64.2 Å². The fourth-order valence-corrected chi connectivity index (χ4v) is 9.20. The van der Waals surface area contributed by atoms with Crippen molar-refractivity contribution in [3.8, 4) is 0 Å². The molecule has 3 heteroatoms. The lowest BCUT2D eigenvalue weighted by Gasteiger charge is -2.39. The minimum Gasteiger partial charge on any atom is -0.393 e. The average Bonchev–Trinajstić information content (AvgIpc) is 3.46. The lowest BCUT2D eigenvalue weighted by atomic mass is 9.71. The quantitative estimate of drug-likeness (QED) is 0.399. The van der Waals surface area contributed by atoms with E-state index in [1.54, 1.807) is 0 Å². The maximum Gasteiger partial charge on any atom is 0.136 e. The highest BCUT2D eigenvalue weighted by Gasteiger charge is 2.47. The van der Waals surface area contributed by atoms with Gasteiger partial charge in [-0.2, -0.15) is 0 Å². The Kier molecular flexibility index (Phi) is 8.53. The normalized spacial score (nSPS) is 50.6. The molecule has 3 nitrogen and oxygen atoms in total. The van der Waals surface area contributed by atoms with Gasteiger partial charge in [0, 0.05) is 12.3 Å². The Bertz CT molecular complexity index is 792. The van der Waals surface area contributed by atoms with Gasteiger partial charge in [-0.05, 0) is 116 Å². The molecule has 11 unspecified atom stereocenters. The number of ketones is 1. The largest absolute Gasteiger partial charge is 0.393 e. The fourth-order valence-electron chi connectivity index (χ4n) is 9.20. The van der Waals surface area contributed by atoms with E-state index in [-0.39, 0.29) is 6.10 Å². The number of Topliss-reactive ketones (excluding diaryl/α,β-unsaturated/α-hetero) is 1. The predicted octanol–water partition coefficient (Wildman–Crippen LogP) is 8.00. The summed E-state index contributed by atoms with van der Waals surface area (Å²) in [5.41, 5.74) is 1.48. The molecule has 0 aromatic heterocycles. The molecular weight excluding hydrogens is 444 g/mol. The summed E-state index contributed by atoms with van der Waals surface area (Å²) in [6.45, 7) is 18.2. The number of carbonyl (C=O) groups excluding carboxylic acids is 1. The summed E-state index contributed by atoms with van der Waals surface area (Å²) in [5, 5.41) is 9.72. The van der Waals surface area contributed by atoms with Crippen LogP contribution in [0.1, 0.15) is 119 Å². The van der Waals surface area contributed by atoms with E-state index in [1.807, 2.05) is 6.08 Å². The fraction of sp³-hybridized carbons (Fsp3) is 0.909. The molecule has 6 fully saturated rings. The SMILES string of the molecule is C=CCOC1CC2(C)CCC(C2)C1C.CC1C(=O)CC2(C)CCC1C2.CC1C(O)CC2(C)CCC1C2. The minimum absolute atomic E-state index is 0.0127. The molecule has 0 aliphatic heterocycles. The maximum absolute atomic E-state index is 11.5. The van der Waals surface area contributed by atoms with Crippen LogP contribution >= 0.6 is 0 Å². The molecule has 0 saturated heterocycles. The highest BCUT2D eigenvalue weighted by Crippen LogP contribution is 2.55. The summed E-state index contributed by atoms with van der Waals surface area (Å²) < 4.78 is 5.87. The van der Waals surface area contributed by atoms with Gasteiger partial charge in [0.05, 0.1) is 18.8 Å². The van der Waals surface area contributed by atoms with Crippen molar-refractivity contribution in [2.45, 2.75) is 131 Å². The van der Waals surface area contributed by atoms with Crippen LogP contribution < -0.4 is 0 Å². The number of carbonyl (C=O) groups is 1. The molecule has 0 aromatic carbocycles.